The van der Waals surface area contributed by atoms with E-state index in [0.29, 0.717) is 6.61 Å². The van der Waals surface area contributed by atoms with E-state index < -0.39 is 0 Å². The number of hydrogen-bond acceptors (Lipinski definition) is 4. The number of hydrogen-bond donors (Lipinski definition) is 1. The first kappa shape index (κ1) is 12.6. The van der Waals surface area contributed by atoms with E-state index in [9.17, 15) is 5.11 Å². The molecule has 2 aliphatic rings. The molecule has 1 unspecified atom stereocenters. The number of rotatable bonds is 4. The minimum Gasteiger partial charge on any atom is -0.396 e. The van der Waals surface area contributed by atoms with E-state index in [-0.39, 0.29) is 5.41 Å². The smallest absolute Gasteiger partial charge is 0.0959 e. The van der Waals surface area contributed by atoms with E-state index in [1.165, 1.54) is 29.1 Å². The molecule has 2 fully saturated rings. The van der Waals surface area contributed by atoms with Crippen LogP contribution in [0.25, 0.3) is 0 Å². The van der Waals surface area contributed by atoms with Gasteiger partial charge in [0.2, 0.25) is 0 Å². The molecule has 0 radical (unpaired) electrons. The third-order valence-corrected chi connectivity index (χ3v) is 5.26. The molecule has 1 aliphatic heterocycles. The van der Waals surface area contributed by atoms with Crippen LogP contribution in [0.4, 0.5) is 0 Å². The number of aromatic nitrogens is 1. The Morgan fingerprint density at radius 2 is 2.39 bits per heavy atom. The Hall–Kier alpha value is -0.450. The molecule has 1 aromatic rings. The molecular weight excluding hydrogens is 244 g/mol. The molecule has 0 aromatic carbocycles. The van der Waals surface area contributed by atoms with E-state index in [4.69, 9.17) is 0 Å². The zero-order valence-corrected chi connectivity index (χ0v) is 11.9. The van der Waals surface area contributed by atoms with Gasteiger partial charge in [0.1, 0.15) is 0 Å². The van der Waals surface area contributed by atoms with Crippen LogP contribution in [0.1, 0.15) is 48.4 Å². The first-order valence-corrected chi connectivity index (χ1v) is 7.78. The van der Waals surface area contributed by atoms with Crippen molar-refractivity contribution in [3.05, 3.63) is 16.1 Å². The van der Waals surface area contributed by atoms with Crippen molar-refractivity contribution in [3.63, 3.8) is 0 Å². The van der Waals surface area contributed by atoms with Crippen molar-refractivity contribution in [1.29, 1.82) is 0 Å². The van der Waals surface area contributed by atoms with Crippen LogP contribution >= 0.6 is 11.3 Å². The molecule has 1 N–H and O–H groups in total. The summed E-state index contributed by atoms with van der Waals surface area (Å²) < 4.78 is 0. The van der Waals surface area contributed by atoms with Gasteiger partial charge in [-0.05, 0) is 32.2 Å². The van der Waals surface area contributed by atoms with Crippen LogP contribution in [-0.2, 0) is 6.54 Å². The van der Waals surface area contributed by atoms with Crippen molar-refractivity contribution in [1.82, 2.24) is 9.88 Å². The lowest BCUT2D eigenvalue weighted by atomic mass is 9.83. The molecule has 1 atom stereocenters. The number of aliphatic hydroxyl groups excluding tert-OH is 1. The molecule has 100 valence electrons. The Morgan fingerprint density at radius 3 is 3.11 bits per heavy atom. The summed E-state index contributed by atoms with van der Waals surface area (Å²) >= 11 is 1.89. The zero-order valence-electron chi connectivity index (χ0n) is 11.1. The quantitative estimate of drug-likeness (QED) is 0.910. The summed E-state index contributed by atoms with van der Waals surface area (Å²) in [6.45, 7) is 5.69. The van der Waals surface area contributed by atoms with Crippen molar-refractivity contribution < 1.29 is 5.11 Å². The van der Waals surface area contributed by atoms with Crippen LogP contribution in [0.5, 0.6) is 0 Å². The monoisotopic (exact) mass is 266 g/mol. The lowest BCUT2D eigenvalue weighted by Crippen LogP contribution is -2.42. The van der Waals surface area contributed by atoms with Gasteiger partial charge >= 0.3 is 0 Å². The van der Waals surface area contributed by atoms with Crippen molar-refractivity contribution >= 4 is 11.3 Å². The van der Waals surface area contributed by atoms with Crippen LogP contribution in [0.3, 0.4) is 0 Å². The molecule has 1 aliphatic carbocycles. The first-order valence-electron chi connectivity index (χ1n) is 6.96. The molecule has 2 heterocycles. The predicted molar refractivity (Wildman–Crippen MR) is 73.8 cm³/mol. The zero-order chi connectivity index (χ0) is 12.6. The molecule has 18 heavy (non-hydrogen) atoms. The molecule has 0 bridgehead atoms. The number of nitrogens with zero attached hydrogens (tertiary/aromatic N) is 2. The van der Waals surface area contributed by atoms with Crippen LogP contribution in [0.2, 0.25) is 0 Å². The maximum atomic E-state index is 9.48. The minimum atomic E-state index is 0.0995. The standard InChI is InChI=1S/C14H22N2OS/c1-14(10-17)5-2-6-16(9-14)8-12-7-15-13(18-12)11-3-4-11/h7,11,17H,2-6,8-10H2,1H3. The highest BCUT2D eigenvalue weighted by Crippen LogP contribution is 2.42. The van der Waals surface area contributed by atoms with Crippen LogP contribution in [0, 0.1) is 5.41 Å². The Labute approximate surface area is 113 Å². The van der Waals surface area contributed by atoms with Gasteiger partial charge in [0.15, 0.2) is 0 Å². The molecular formula is C14H22N2OS. The fourth-order valence-corrected chi connectivity index (χ4v) is 3.96. The van der Waals surface area contributed by atoms with Crippen molar-refractivity contribution in [2.24, 2.45) is 5.41 Å². The number of likely N-dealkylation sites (tertiary alicyclic amines) is 1. The Morgan fingerprint density at radius 1 is 1.56 bits per heavy atom. The normalized spacial score (nSPS) is 29.7. The Bertz CT molecular complexity index is 416. The topological polar surface area (TPSA) is 36.4 Å². The van der Waals surface area contributed by atoms with Crippen molar-refractivity contribution in [3.8, 4) is 0 Å². The largest absolute Gasteiger partial charge is 0.396 e. The maximum absolute atomic E-state index is 9.48. The second-order valence-electron chi connectivity index (χ2n) is 6.22. The van der Waals surface area contributed by atoms with Gasteiger partial charge in [-0.3, -0.25) is 4.90 Å². The second-order valence-corrected chi connectivity index (χ2v) is 7.37. The van der Waals surface area contributed by atoms with Gasteiger partial charge in [0, 0.05) is 42.1 Å². The van der Waals surface area contributed by atoms with E-state index >= 15 is 0 Å². The molecule has 1 saturated heterocycles. The Balaban J connectivity index is 1.60. The molecule has 4 heteroatoms. The molecule has 3 nitrogen and oxygen atoms in total. The summed E-state index contributed by atoms with van der Waals surface area (Å²) in [5, 5.41) is 10.8. The van der Waals surface area contributed by atoms with Crippen LogP contribution in [-0.4, -0.2) is 34.7 Å². The highest BCUT2D eigenvalue weighted by Gasteiger charge is 2.31. The Kier molecular flexibility index (Phi) is 3.43. The van der Waals surface area contributed by atoms with Gasteiger partial charge in [-0.25, -0.2) is 4.98 Å². The molecule has 1 saturated carbocycles. The third-order valence-electron chi connectivity index (χ3n) is 4.12. The first-order chi connectivity index (χ1) is 8.68. The number of piperidine rings is 1. The number of aliphatic hydroxyl groups is 1. The van der Waals surface area contributed by atoms with Gasteiger partial charge < -0.3 is 5.11 Å². The van der Waals surface area contributed by atoms with Gasteiger partial charge in [0.05, 0.1) is 5.01 Å². The fraction of sp³-hybridized carbons (Fsp3) is 0.786. The van der Waals surface area contributed by atoms with Gasteiger partial charge in [0.25, 0.3) is 0 Å². The van der Waals surface area contributed by atoms with Crippen LogP contribution < -0.4 is 0 Å². The summed E-state index contributed by atoms with van der Waals surface area (Å²) in [6.07, 6.45) is 7.07. The average molecular weight is 266 g/mol. The van der Waals surface area contributed by atoms with E-state index in [1.807, 2.05) is 11.3 Å². The van der Waals surface area contributed by atoms with Crippen LogP contribution in [0.15, 0.2) is 6.20 Å². The third kappa shape index (κ3) is 2.76. The van der Waals surface area contributed by atoms with E-state index in [2.05, 4.69) is 23.0 Å². The SMILES string of the molecule is CC1(CO)CCCN(Cc2cnc(C3CC3)s2)C1. The van der Waals surface area contributed by atoms with Gasteiger partial charge in [-0.15, -0.1) is 11.3 Å². The summed E-state index contributed by atoms with van der Waals surface area (Å²) in [4.78, 5) is 8.41. The van der Waals surface area contributed by atoms with E-state index in [1.54, 1.807) is 0 Å². The van der Waals surface area contributed by atoms with Crippen molar-refractivity contribution in [2.75, 3.05) is 19.7 Å². The molecule has 3 rings (SSSR count). The lowest BCUT2D eigenvalue weighted by Gasteiger charge is -2.39. The average Bonchev–Trinajstić information content (AvgIpc) is 3.11. The molecule has 0 amide bonds. The fourth-order valence-electron chi connectivity index (χ4n) is 2.83. The highest BCUT2D eigenvalue weighted by molar-refractivity contribution is 7.11. The summed E-state index contributed by atoms with van der Waals surface area (Å²) in [7, 11) is 0. The molecule has 0 spiro atoms. The minimum absolute atomic E-state index is 0.0995. The second kappa shape index (κ2) is 4.91. The van der Waals surface area contributed by atoms with Gasteiger partial charge in [-0.2, -0.15) is 0 Å². The highest BCUT2D eigenvalue weighted by atomic mass is 32.1. The predicted octanol–water partition coefficient (Wildman–Crippen LogP) is 2.61. The summed E-state index contributed by atoms with van der Waals surface area (Å²) in [6, 6.07) is 0. The summed E-state index contributed by atoms with van der Waals surface area (Å²) in [5.74, 6) is 0.771. The number of thiazole rings is 1. The maximum Gasteiger partial charge on any atom is 0.0959 e. The van der Waals surface area contributed by atoms with Crippen molar-refractivity contribution in [2.45, 2.75) is 45.1 Å². The summed E-state index contributed by atoms with van der Waals surface area (Å²) in [5.41, 5.74) is 0.0995. The van der Waals surface area contributed by atoms with Gasteiger partial charge in [-0.1, -0.05) is 6.92 Å². The lowest BCUT2D eigenvalue weighted by molar-refractivity contribution is 0.0434. The molecule has 1 aromatic heterocycles. The van der Waals surface area contributed by atoms with E-state index in [0.717, 1.165) is 32.0 Å².